The Morgan fingerprint density at radius 2 is 2.27 bits per heavy atom. The maximum Gasteiger partial charge on any atom is 0.212 e. The molecule has 1 rings (SSSR count). The zero-order valence-electron chi connectivity index (χ0n) is 9.06. The van der Waals surface area contributed by atoms with Gasteiger partial charge in [-0.2, -0.15) is 0 Å². The topological polar surface area (TPSA) is 69.4 Å². The number of sulfonamides is 1. The molecular weight excluding hydrogens is 214 g/mol. The predicted molar refractivity (Wildman–Crippen MR) is 59.8 cm³/mol. The van der Waals surface area contributed by atoms with Gasteiger partial charge in [0, 0.05) is 6.61 Å². The number of nitrogens with two attached hydrogens (primary N) is 1. The van der Waals surface area contributed by atoms with E-state index in [0.29, 0.717) is 12.8 Å². The Bertz CT molecular complexity index is 309. The van der Waals surface area contributed by atoms with E-state index in [2.05, 4.69) is 6.58 Å². The first-order valence-corrected chi connectivity index (χ1v) is 6.80. The second-order valence-corrected chi connectivity index (χ2v) is 5.93. The summed E-state index contributed by atoms with van der Waals surface area (Å²) in [4.78, 5) is 0. The van der Waals surface area contributed by atoms with Crippen LogP contribution in [0.15, 0.2) is 12.7 Å². The van der Waals surface area contributed by atoms with Crippen molar-refractivity contribution in [3.8, 4) is 0 Å². The molecule has 1 saturated heterocycles. The molecule has 0 amide bonds. The van der Waals surface area contributed by atoms with Gasteiger partial charge >= 0.3 is 0 Å². The highest BCUT2D eigenvalue weighted by molar-refractivity contribution is 7.89. The van der Waals surface area contributed by atoms with Crippen LogP contribution in [0.3, 0.4) is 0 Å². The average Bonchev–Trinajstić information content (AvgIpc) is 1.99. The van der Waals surface area contributed by atoms with Crippen LogP contribution in [0.5, 0.6) is 0 Å². The molecule has 0 unspecified atom stereocenters. The first kappa shape index (κ1) is 12.7. The molecule has 15 heavy (non-hydrogen) atoms. The number of hydrogen-bond acceptors (Lipinski definition) is 3. The summed E-state index contributed by atoms with van der Waals surface area (Å²) in [6, 6.07) is 0. The molecule has 4 nitrogen and oxygen atoms in total. The lowest BCUT2D eigenvalue weighted by Gasteiger charge is -2.31. The lowest BCUT2D eigenvalue weighted by Crippen LogP contribution is -2.40. The fourth-order valence-corrected chi connectivity index (χ4v) is 3.08. The van der Waals surface area contributed by atoms with Crippen LogP contribution >= 0.6 is 0 Å². The normalized spacial score (nSPS) is 25.3. The van der Waals surface area contributed by atoms with Gasteiger partial charge in [0.15, 0.2) is 0 Å². The molecular formula is C10H19NO3S. The molecule has 0 saturated carbocycles. The largest absolute Gasteiger partial charge is 0.378 e. The van der Waals surface area contributed by atoms with Crippen LogP contribution in [-0.2, 0) is 14.8 Å². The molecule has 0 bridgehead atoms. The average molecular weight is 233 g/mol. The van der Waals surface area contributed by atoms with Gasteiger partial charge in [-0.3, -0.25) is 0 Å². The van der Waals surface area contributed by atoms with Crippen LogP contribution in [0.25, 0.3) is 0 Å². The quantitative estimate of drug-likeness (QED) is 0.697. The Kier molecular flexibility index (Phi) is 4.31. The van der Waals surface area contributed by atoms with Gasteiger partial charge in [-0.1, -0.05) is 13.0 Å². The summed E-state index contributed by atoms with van der Waals surface area (Å²) in [6.45, 7) is 6.23. The van der Waals surface area contributed by atoms with Crippen molar-refractivity contribution in [2.24, 2.45) is 11.1 Å². The number of allylic oxidation sites excluding steroid dienone is 1. The van der Waals surface area contributed by atoms with Crippen molar-refractivity contribution in [3.63, 3.8) is 0 Å². The van der Waals surface area contributed by atoms with Gasteiger partial charge in [0.2, 0.25) is 10.0 Å². The van der Waals surface area contributed by atoms with E-state index in [1.165, 1.54) is 0 Å². The Morgan fingerprint density at radius 3 is 2.60 bits per heavy atom. The van der Waals surface area contributed by atoms with Crippen molar-refractivity contribution < 1.29 is 13.2 Å². The van der Waals surface area contributed by atoms with Crippen LogP contribution < -0.4 is 5.14 Å². The van der Waals surface area contributed by atoms with Gasteiger partial charge in [-0.25, -0.2) is 13.6 Å². The molecule has 5 heteroatoms. The summed E-state index contributed by atoms with van der Waals surface area (Å²) >= 11 is 0. The fraction of sp³-hybridized carbons (Fsp3) is 0.800. The van der Waals surface area contributed by atoms with Crippen molar-refractivity contribution in [1.29, 1.82) is 0 Å². The Hall–Kier alpha value is -0.390. The van der Waals surface area contributed by atoms with Crippen molar-refractivity contribution in [1.82, 2.24) is 0 Å². The van der Waals surface area contributed by atoms with Crippen molar-refractivity contribution in [2.75, 3.05) is 6.61 Å². The standard InChI is InChI=1S/C10H19NO3S/c1-3-4-8(2)10(15(11,12)13)7-9-5-6-14-9/h3,8-10H,1,4-7H2,2H3,(H2,11,12,13)/t8-,9-,10-/m1/s1. The van der Waals surface area contributed by atoms with E-state index < -0.39 is 15.3 Å². The second-order valence-electron chi connectivity index (χ2n) is 4.15. The van der Waals surface area contributed by atoms with E-state index in [4.69, 9.17) is 9.88 Å². The maximum atomic E-state index is 11.4. The van der Waals surface area contributed by atoms with E-state index in [0.717, 1.165) is 13.0 Å². The zero-order valence-corrected chi connectivity index (χ0v) is 9.87. The van der Waals surface area contributed by atoms with Crippen LogP contribution in [0.4, 0.5) is 0 Å². The van der Waals surface area contributed by atoms with Crippen LogP contribution in [0.1, 0.15) is 26.2 Å². The van der Waals surface area contributed by atoms with Crippen LogP contribution in [-0.4, -0.2) is 26.4 Å². The molecule has 0 radical (unpaired) electrons. The third-order valence-corrected chi connectivity index (χ3v) is 4.38. The van der Waals surface area contributed by atoms with E-state index in [1.54, 1.807) is 6.08 Å². The van der Waals surface area contributed by atoms with E-state index >= 15 is 0 Å². The molecule has 3 atom stereocenters. The summed E-state index contributed by atoms with van der Waals surface area (Å²) in [7, 11) is -3.49. The monoisotopic (exact) mass is 233 g/mol. The summed E-state index contributed by atoms with van der Waals surface area (Å²) in [5, 5.41) is 4.71. The van der Waals surface area contributed by atoms with Gasteiger partial charge < -0.3 is 4.74 Å². The predicted octanol–water partition coefficient (Wildman–Crippen LogP) is 1.03. The van der Waals surface area contributed by atoms with E-state index in [1.807, 2.05) is 6.92 Å². The van der Waals surface area contributed by atoms with E-state index in [-0.39, 0.29) is 12.0 Å². The van der Waals surface area contributed by atoms with Gasteiger partial charge in [0.05, 0.1) is 11.4 Å². The molecule has 2 N–H and O–H groups in total. The minimum atomic E-state index is -3.49. The smallest absolute Gasteiger partial charge is 0.212 e. The lowest BCUT2D eigenvalue weighted by atomic mass is 9.96. The molecule has 0 aliphatic carbocycles. The van der Waals surface area contributed by atoms with Crippen LogP contribution in [0.2, 0.25) is 0 Å². The molecule has 0 aromatic carbocycles. The van der Waals surface area contributed by atoms with Gasteiger partial charge in [-0.15, -0.1) is 6.58 Å². The van der Waals surface area contributed by atoms with Gasteiger partial charge in [-0.05, 0) is 25.2 Å². The summed E-state index contributed by atoms with van der Waals surface area (Å²) in [5.74, 6) is 0.00157. The fourth-order valence-electron chi connectivity index (χ4n) is 1.83. The minimum absolute atomic E-state index is 0.00157. The highest BCUT2D eigenvalue weighted by atomic mass is 32.2. The first-order chi connectivity index (χ1) is 6.95. The highest BCUT2D eigenvalue weighted by Crippen LogP contribution is 2.25. The molecule has 1 aliphatic rings. The Morgan fingerprint density at radius 1 is 1.67 bits per heavy atom. The SMILES string of the molecule is C=CC[C@@H](C)[C@@H](C[C@H]1CCO1)S(N)(=O)=O. The third-order valence-electron chi connectivity index (χ3n) is 2.88. The van der Waals surface area contributed by atoms with E-state index in [9.17, 15) is 8.42 Å². The summed E-state index contributed by atoms with van der Waals surface area (Å²) in [5.41, 5.74) is 0. The molecule has 1 aliphatic heterocycles. The zero-order chi connectivity index (χ0) is 11.5. The minimum Gasteiger partial charge on any atom is -0.378 e. The molecule has 1 fully saturated rings. The number of primary sulfonamides is 1. The third kappa shape index (κ3) is 3.59. The van der Waals surface area contributed by atoms with Crippen molar-refractivity contribution in [2.45, 2.75) is 37.5 Å². The van der Waals surface area contributed by atoms with Gasteiger partial charge in [0.25, 0.3) is 0 Å². The summed E-state index contributed by atoms with van der Waals surface area (Å²) in [6.07, 6.45) is 3.90. The molecule has 0 spiro atoms. The van der Waals surface area contributed by atoms with Gasteiger partial charge in [0.1, 0.15) is 0 Å². The van der Waals surface area contributed by atoms with Crippen molar-refractivity contribution in [3.05, 3.63) is 12.7 Å². The maximum absolute atomic E-state index is 11.4. The summed E-state index contributed by atoms with van der Waals surface area (Å²) < 4.78 is 28.1. The van der Waals surface area contributed by atoms with Crippen LogP contribution in [0, 0.1) is 5.92 Å². The molecule has 88 valence electrons. The number of rotatable bonds is 6. The lowest BCUT2D eigenvalue weighted by molar-refractivity contribution is -0.0563. The second kappa shape index (κ2) is 5.09. The number of hydrogen-bond donors (Lipinski definition) is 1. The van der Waals surface area contributed by atoms with Crippen molar-refractivity contribution >= 4 is 10.0 Å². The first-order valence-electron chi connectivity index (χ1n) is 5.19. The Balaban J connectivity index is 2.63. The molecule has 0 aromatic heterocycles. The Labute approximate surface area is 91.5 Å². The highest BCUT2D eigenvalue weighted by Gasteiger charge is 2.32. The molecule has 0 aromatic rings. The molecule has 1 heterocycles. The number of ether oxygens (including phenoxy) is 1.